The Bertz CT molecular complexity index is 444. The van der Waals surface area contributed by atoms with Crippen LogP contribution in [0.25, 0.3) is 0 Å². The summed E-state index contributed by atoms with van der Waals surface area (Å²) in [6.45, 7) is 4.05. The van der Waals surface area contributed by atoms with Crippen LogP contribution in [0.3, 0.4) is 0 Å². The SMILES string of the molecule is CC(C)[C@]12CC1CCCCCCCS(=O)(=O)NC2=O. The first-order valence-electron chi connectivity index (χ1n) is 7.43. The van der Waals surface area contributed by atoms with E-state index >= 15 is 0 Å². The topological polar surface area (TPSA) is 63.2 Å². The van der Waals surface area contributed by atoms with Gasteiger partial charge >= 0.3 is 0 Å². The standard InChI is InChI=1S/C14H25NO3S/c1-11(2)14-10-12(14)8-6-4-3-5-7-9-19(17,18)15-13(14)16/h11-12H,3-10H2,1-2H3,(H,15,16)/t12?,14-/m1/s1. The molecule has 0 bridgehead atoms. The van der Waals surface area contributed by atoms with Crippen LogP contribution in [0, 0.1) is 17.3 Å². The van der Waals surface area contributed by atoms with Gasteiger partial charge in [-0.3, -0.25) is 9.52 Å². The quantitative estimate of drug-likeness (QED) is 0.805. The molecule has 5 heteroatoms. The van der Waals surface area contributed by atoms with Gasteiger partial charge in [-0.05, 0) is 31.1 Å². The summed E-state index contributed by atoms with van der Waals surface area (Å²) in [5.74, 6) is 0.406. The Labute approximate surface area is 116 Å². The number of carbonyl (C=O) groups excluding carboxylic acids is 1. The molecule has 0 radical (unpaired) electrons. The van der Waals surface area contributed by atoms with E-state index in [1.807, 2.05) is 13.8 Å². The number of hydrogen-bond acceptors (Lipinski definition) is 3. The average Bonchev–Trinajstić information content (AvgIpc) is 3.01. The van der Waals surface area contributed by atoms with Gasteiger partial charge in [-0.25, -0.2) is 8.42 Å². The van der Waals surface area contributed by atoms with Crippen LogP contribution in [0.15, 0.2) is 0 Å². The summed E-state index contributed by atoms with van der Waals surface area (Å²) in [5.41, 5.74) is -0.424. The van der Waals surface area contributed by atoms with Gasteiger partial charge in [0.1, 0.15) is 0 Å². The van der Waals surface area contributed by atoms with Crippen molar-refractivity contribution in [3.8, 4) is 0 Å². The number of hydrogen-bond donors (Lipinski definition) is 1. The van der Waals surface area contributed by atoms with Gasteiger partial charge < -0.3 is 0 Å². The molecule has 2 aliphatic rings. The molecule has 19 heavy (non-hydrogen) atoms. The van der Waals surface area contributed by atoms with Crippen LogP contribution < -0.4 is 4.72 Å². The molecular formula is C14H25NO3S. The van der Waals surface area contributed by atoms with Gasteiger partial charge in [0.2, 0.25) is 15.9 Å². The minimum absolute atomic E-state index is 0.0809. The van der Waals surface area contributed by atoms with Crippen LogP contribution in [-0.2, 0) is 14.8 Å². The van der Waals surface area contributed by atoms with Crippen LogP contribution in [0.2, 0.25) is 0 Å². The van der Waals surface area contributed by atoms with Crippen molar-refractivity contribution >= 4 is 15.9 Å². The highest BCUT2D eigenvalue weighted by molar-refractivity contribution is 7.90. The number of rotatable bonds is 1. The lowest BCUT2D eigenvalue weighted by atomic mass is 9.87. The first kappa shape index (κ1) is 14.8. The molecule has 1 aliphatic carbocycles. The van der Waals surface area contributed by atoms with E-state index in [9.17, 15) is 13.2 Å². The smallest absolute Gasteiger partial charge is 0.240 e. The van der Waals surface area contributed by atoms with E-state index in [0.717, 1.165) is 32.1 Å². The summed E-state index contributed by atoms with van der Waals surface area (Å²) in [4.78, 5) is 12.4. The van der Waals surface area contributed by atoms with E-state index < -0.39 is 15.4 Å². The molecule has 1 N–H and O–H groups in total. The number of nitrogens with one attached hydrogen (secondary N) is 1. The highest BCUT2D eigenvalue weighted by Crippen LogP contribution is 2.60. The van der Waals surface area contributed by atoms with E-state index in [-0.39, 0.29) is 17.6 Å². The highest BCUT2D eigenvalue weighted by atomic mass is 32.2. The van der Waals surface area contributed by atoms with Crippen LogP contribution in [0.1, 0.15) is 58.8 Å². The molecule has 2 fully saturated rings. The van der Waals surface area contributed by atoms with Crippen molar-refractivity contribution in [3.63, 3.8) is 0 Å². The molecule has 0 spiro atoms. The number of carbonyl (C=O) groups is 1. The van der Waals surface area contributed by atoms with Crippen molar-refractivity contribution in [1.82, 2.24) is 4.72 Å². The molecule has 1 saturated heterocycles. The van der Waals surface area contributed by atoms with Crippen LogP contribution in [0.4, 0.5) is 0 Å². The summed E-state index contributed by atoms with van der Waals surface area (Å²) in [6.07, 6.45) is 6.93. The maximum atomic E-state index is 12.4. The first-order chi connectivity index (χ1) is 8.88. The van der Waals surface area contributed by atoms with Gasteiger partial charge in [-0.15, -0.1) is 0 Å². The Kier molecular flexibility index (Phi) is 4.23. The maximum absolute atomic E-state index is 12.4. The molecule has 0 aromatic carbocycles. The second kappa shape index (κ2) is 5.43. The fourth-order valence-electron chi connectivity index (χ4n) is 3.46. The Morgan fingerprint density at radius 3 is 2.47 bits per heavy atom. The van der Waals surface area contributed by atoms with Crippen molar-refractivity contribution < 1.29 is 13.2 Å². The molecule has 1 heterocycles. The molecule has 1 aliphatic heterocycles. The molecule has 0 aromatic rings. The van der Waals surface area contributed by atoms with E-state index in [2.05, 4.69) is 4.72 Å². The largest absolute Gasteiger partial charge is 0.273 e. The van der Waals surface area contributed by atoms with Gasteiger partial charge in [0.15, 0.2) is 0 Å². The predicted octanol–water partition coefficient (Wildman–Crippen LogP) is 2.45. The summed E-state index contributed by atoms with van der Waals surface area (Å²) in [6, 6.07) is 0. The predicted molar refractivity (Wildman–Crippen MR) is 75.0 cm³/mol. The third kappa shape index (κ3) is 3.12. The minimum Gasteiger partial charge on any atom is -0.273 e. The molecule has 1 amide bonds. The Morgan fingerprint density at radius 1 is 1.16 bits per heavy atom. The number of sulfonamides is 1. The molecule has 2 atom stereocenters. The number of amides is 1. The van der Waals surface area contributed by atoms with Gasteiger partial charge in [0.25, 0.3) is 0 Å². The monoisotopic (exact) mass is 287 g/mol. The van der Waals surface area contributed by atoms with E-state index in [1.165, 1.54) is 6.42 Å². The first-order valence-corrected chi connectivity index (χ1v) is 9.08. The Hall–Kier alpha value is -0.580. The third-order valence-corrected chi connectivity index (χ3v) is 6.14. The van der Waals surface area contributed by atoms with Crippen molar-refractivity contribution in [2.24, 2.45) is 17.3 Å². The highest BCUT2D eigenvalue weighted by Gasteiger charge is 2.61. The van der Waals surface area contributed by atoms with Crippen molar-refractivity contribution in [1.29, 1.82) is 0 Å². The lowest BCUT2D eigenvalue weighted by Gasteiger charge is -2.21. The van der Waals surface area contributed by atoms with Crippen molar-refractivity contribution in [2.75, 3.05) is 5.75 Å². The van der Waals surface area contributed by atoms with Crippen LogP contribution in [-0.4, -0.2) is 20.1 Å². The van der Waals surface area contributed by atoms with Crippen molar-refractivity contribution in [2.45, 2.75) is 58.8 Å². The summed E-state index contributed by atoms with van der Waals surface area (Å²) in [5, 5.41) is 0. The third-order valence-electron chi connectivity index (χ3n) is 4.82. The van der Waals surface area contributed by atoms with E-state index in [0.29, 0.717) is 12.3 Å². The second-order valence-electron chi connectivity index (χ2n) is 6.40. The molecule has 1 saturated carbocycles. The van der Waals surface area contributed by atoms with Crippen LogP contribution >= 0.6 is 0 Å². The maximum Gasteiger partial charge on any atom is 0.240 e. The molecule has 1 unspecified atom stereocenters. The zero-order valence-electron chi connectivity index (χ0n) is 11.9. The summed E-state index contributed by atoms with van der Waals surface area (Å²) in [7, 11) is -3.44. The number of fused-ring (bicyclic) bond motifs is 1. The molecule has 110 valence electrons. The Morgan fingerprint density at radius 2 is 1.79 bits per heavy atom. The van der Waals surface area contributed by atoms with Gasteiger partial charge in [-0.2, -0.15) is 0 Å². The van der Waals surface area contributed by atoms with E-state index in [4.69, 9.17) is 0 Å². The zero-order valence-corrected chi connectivity index (χ0v) is 12.8. The van der Waals surface area contributed by atoms with Crippen molar-refractivity contribution in [3.05, 3.63) is 0 Å². The van der Waals surface area contributed by atoms with Crippen LogP contribution in [0.5, 0.6) is 0 Å². The van der Waals surface area contributed by atoms with Gasteiger partial charge in [-0.1, -0.05) is 39.5 Å². The van der Waals surface area contributed by atoms with Gasteiger partial charge in [0, 0.05) is 0 Å². The minimum atomic E-state index is -3.44. The average molecular weight is 287 g/mol. The molecular weight excluding hydrogens is 262 g/mol. The van der Waals surface area contributed by atoms with E-state index in [1.54, 1.807) is 0 Å². The lowest BCUT2D eigenvalue weighted by Crippen LogP contribution is -2.41. The zero-order chi connectivity index (χ0) is 14.1. The Balaban J connectivity index is 2.15. The summed E-state index contributed by atoms with van der Waals surface area (Å²) < 4.78 is 26.1. The fourth-order valence-corrected chi connectivity index (χ4v) is 4.61. The molecule has 2 rings (SSSR count). The molecule has 4 nitrogen and oxygen atoms in total. The fraction of sp³-hybridized carbons (Fsp3) is 0.929. The summed E-state index contributed by atoms with van der Waals surface area (Å²) >= 11 is 0. The lowest BCUT2D eigenvalue weighted by molar-refractivity contribution is -0.126. The normalized spacial score (nSPS) is 35.7. The second-order valence-corrected chi connectivity index (χ2v) is 8.24. The van der Waals surface area contributed by atoms with Gasteiger partial charge in [0.05, 0.1) is 11.2 Å². The molecule has 0 aromatic heterocycles.